The average molecular weight is 728 g/mol. The van der Waals surface area contributed by atoms with Crippen LogP contribution in [0.4, 0.5) is 5.13 Å². The van der Waals surface area contributed by atoms with Crippen LogP contribution in [0, 0.1) is 0 Å². The van der Waals surface area contributed by atoms with E-state index in [0.29, 0.717) is 16.4 Å². The highest BCUT2D eigenvalue weighted by Crippen LogP contribution is 2.44. The maximum Gasteiger partial charge on any atom is 0.264 e. The smallest absolute Gasteiger partial charge is 0.264 e. The number of amides is 1. The number of anilines is 1. The van der Waals surface area contributed by atoms with E-state index in [1.807, 2.05) is 103 Å². The molecule has 1 aliphatic heterocycles. The molecule has 264 valence electrons. The third-order valence-electron chi connectivity index (χ3n) is 9.32. The van der Waals surface area contributed by atoms with E-state index in [0.717, 1.165) is 83.8 Å². The van der Waals surface area contributed by atoms with E-state index in [2.05, 4.69) is 51.6 Å². The van der Waals surface area contributed by atoms with Gasteiger partial charge in [0.2, 0.25) is 0 Å². The van der Waals surface area contributed by atoms with Crippen molar-refractivity contribution < 1.29 is 19.1 Å². The molecular weight excluding hydrogens is 686 g/mol. The summed E-state index contributed by atoms with van der Waals surface area (Å²) in [6.07, 6.45) is 2.64. The number of carbonyl (C=O) groups excluding carboxylic acids is 2. The molecular formula is C43H42N3O4PS. The molecule has 0 spiro atoms. The molecule has 1 fully saturated rings. The second-order valence-corrected chi connectivity index (χ2v) is 17.1. The third-order valence-corrected chi connectivity index (χ3v) is 14.2. The van der Waals surface area contributed by atoms with Crippen molar-refractivity contribution in [3.63, 3.8) is 0 Å². The maximum atomic E-state index is 14.6. The number of benzene rings is 5. The number of hydrogen-bond acceptors (Lipinski definition) is 7. The Morgan fingerprint density at radius 2 is 1.40 bits per heavy atom. The van der Waals surface area contributed by atoms with E-state index in [4.69, 9.17) is 9.47 Å². The Bertz CT molecular complexity index is 2030. The van der Waals surface area contributed by atoms with Crippen molar-refractivity contribution in [2.45, 2.75) is 19.3 Å². The highest BCUT2D eigenvalue weighted by Gasteiger charge is 2.27. The first-order valence-corrected chi connectivity index (χ1v) is 20.4. The standard InChI is InChI=1S/C43H42N3O4PS/c47-39(32-51(35-15-4-1-5-16-35,36-17-6-2-7-18-36)37-19-8-3-9-20-37)33-23-24-40(34(30-33)14-12-13-25-46-26-28-49-29-27-46)50-31-42(48)45-43-44-38-21-10-11-22-41(38)52-43/h1-11,15-24,30,32H,12-14,25-29,31H2,(H,44,45,48). The van der Waals surface area contributed by atoms with E-state index >= 15 is 0 Å². The lowest BCUT2D eigenvalue weighted by Gasteiger charge is -2.28. The maximum absolute atomic E-state index is 14.6. The van der Waals surface area contributed by atoms with Crippen molar-refractivity contribution in [2.75, 3.05) is 44.8 Å². The molecule has 52 heavy (non-hydrogen) atoms. The number of para-hydroxylation sites is 1. The minimum Gasteiger partial charge on any atom is -0.483 e. The van der Waals surface area contributed by atoms with Crippen LogP contribution < -0.4 is 26.0 Å². The van der Waals surface area contributed by atoms with Crippen LogP contribution in [-0.4, -0.2) is 66.8 Å². The zero-order valence-electron chi connectivity index (χ0n) is 29.0. The van der Waals surface area contributed by atoms with Crippen molar-refractivity contribution in [3.8, 4) is 5.75 Å². The first-order chi connectivity index (χ1) is 25.6. The first kappa shape index (κ1) is 35.5. The summed E-state index contributed by atoms with van der Waals surface area (Å²) in [5, 5.41) is 6.76. The molecule has 9 heteroatoms. The summed E-state index contributed by atoms with van der Waals surface area (Å²) in [5.74, 6) is 2.25. The molecule has 1 aliphatic rings. The molecule has 1 amide bonds. The van der Waals surface area contributed by atoms with Gasteiger partial charge in [0.25, 0.3) is 5.91 Å². The van der Waals surface area contributed by atoms with Gasteiger partial charge >= 0.3 is 0 Å². The van der Waals surface area contributed by atoms with Gasteiger partial charge in [-0.25, -0.2) is 4.98 Å². The predicted octanol–water partition coefficient (Wildman–Crippen LogP) is 6.95. The molecule has 0 saturated carbocycles. The molecule has 0 bridgehead atoms. The zero-order chi connectivity index (χ0) is 35.6. The third kappa shape index (κ3) is 8.43. The van der Waals surface area contributed by atoms with Gasteiger partial charge < -0.3 is 9.47 Å². The minimum absolute atomic E-state index is 0.0420. The second-order valence-electron chi connectivity index (χ2n) is 12.8. The van der Waals surface area contributed by atoms with Gasteiger partial charge in [0.15, 0.2) is 17.5 Å². The number of aryl methyl sites for hydroxylation is 1. The van der Waals surface area contributed by atoms with Gasteiger partial charge in [0.1, 0.15) is 5.75 Å². The van der Waals surface area contributed by atoms with Gasteiger partial charge in [-0.05, 0) is 90.3 Å². The van der Waals surface area contributed by atoms with E-state index in [9.17, 15) is 9.59 Å². The number of rotatable bonds is 14. The molecule has 7 rings (SSSR count). The summed E-state index contributed by atoms with van der Waals surface area (Å²) < 4.78 is 12.7. The van der Waals surface area contributed by atoms with Crippen LogP contribution in [0.2, 0.25) is 0 Å². The Kier molecular flexibility index (Phi) is 11.7. The SMILES string of the molecule is O=C(COc1ccc(C(=O)C=P(c2ccccc2)(c2ccccc2)c2ccccc2)cc1CCCCN1CCOCC1)Nc1nc2ccccc2s1. The molecule has 1 saturated heterocycles. The van der Waals surface area contributed by atoms with Gasteiger partial charge in [-0.3, -0.25) is 19.8 Å². The number of hydrogen-bond donors (Lipinski definition) is 1. The highest BCUT2D eigenvalue weighted by molar-refractivity contribution is 7.95. The van der Waals surface area contributed by atoms with E-state index in [1.165, 1.54) is 11.3 Å². The van der Waals surface area contributed by atoms with Crippen LogP contribution in [-0.2, 0) is 16.0 Å². The molecule has 1 aromatic heterocycles. The second kappa shape index (κ2) is 17.1. The number of unbranched alkanes of at least 4 members (excludes halogenated alkanes) is 1. The fourth-order valence-electron chi connectivity index (χ4n) is 6.68. The average Bonchev–Trinajstić information content (AvgIpc) is 3.61. The molecule has 1 N–H and O–H groups in total. The fraction of sp³-hybridized carbons (Fsp3) is 0.209. The van der Waals surface area contributed by atoms with Crippen molar-refractivity contribution in [3.05, 3.63) is 145 Å². The quantitative estimate of drug-likeness (QED) is 0.0744. The lowest BCUT2D eigenvalue weighted by atomic mass is 10.0. The largest absolute Gasteiger partial charge is 0.483 e. The Labute approximate surface area is 309 Å². The first-order valence-electron chi connectivity index (χ1n) is 17.8. The van der Waals surface area contributed by atoms with Crippen LogP contribution in [0.15, 0.2) is 133 Å². The van der Waals surface area contributed by atoms with E-state index < -0.39 is 6.89 Å². The normalized spacial score (nSPS) is 13.5. The molecule has 5 aromatic carbocycles. The monoisotopic (exact) mass is 727 g/mol. The lowest BCUT2D eigenvalue weighted by Crippen LogP contribution is -2.36. The van der Waals surface area contributed by atoms with Crippen LogP contribution in [0.5, 0.6) is 5.75 Å². The summed E-state index contributed by atoms with van der Waals surface area (Å²) in [6, 6.07) is 44.5. The Morgan fingerprint density at radius 3 is 2.04 bits per heavy atom. The van der Waals surface area contributed by atoms with Gasteiger partial charge in [-0.1, -0.05) is 114 Å². The molecule has 2 heterocycles. The number of thiazole rings is 1. The van der Waals surface area contributed by atoms with E-state index in [-0.39, 0.29) is 18.3 Å². The van der Waals surface area contributed by atoms with Crippen LogP contribution in [0.1, 0.15) is 28.8 Å². The van der Waals surface area contributed by atoms with Crippen molar-refractivity contribution >= 4 is 67.0 Å². The number of nitrogens with zero attached hydrogens (tertiary/aromatic N) is 2. The van der Waals surface area contributed by atoms with E-state index in [1.54, 1.807) is 0 Å². The van der Waals surface area contributed by atoms with Gasteiger partial charge in [0.05, 0.1) is 23.4 Å². The van der Waals surface area contributed by atoms with Crippen LogP contribution in [0.3, 0.4) is 0 Å². The van der Waals surface area contributed by atoms with Crippen molar-refractivity contribution in [2.24, 2.45) is 0 Å². The Morgan fingerprint density at radius 1 is 0.788 bits per heavy atom. The van der Waals surface area contributed by atoms with Crippen LogP contribution in [0.25, 0.3) is 10.2 Å². The molecule has 6 aromatic rings. The lowest BCUT2D eigenvalue weighted by molar-refractivity contribution is -0.118. The fourth-order valence-corrected chi connectivity index (χ4v) is 11.3. The summed E-state index contributed by atoms with van der Waals surface area (Å²) in [5.41, 5.74) is 2.36. The number of Topliss-reactive ketones (excluding diaryl/α,β-unsaturated/α-hetero) is 1. The number of nitrogens with one attached hydrogen (secondary N) is 1. The van der Waals surface area contributed by atoms with Crippen LogP contribution >= 0.6 is 18.2 Å². The summed E-state index contributed by atoms with van der Waals surface area (Å²) >= 11 is 1.43. The highest BCUT2D eigenvalue weighted by atomic mass is 32.1. The van der Waals surface area contributed by atoms with Gasteiger partial charge in [0, 0.05) is 18.7 Å². The number of fused-ring (bicyclic) bond motifs is 1. The summed E-state index contributed by atoms with van der Waals surface area (Å²) in [6.45, 7) is 1.79. The van der Waals surface area contributed by atoms with Crippen molar-refractivity contribution in [1.29, 1.82) is 0 Å². The van der Waals surface area contributed by atoms with Gasteiger partial charge in [-0.15, -0.1) is 0 Å². The zero-order valence-corrected chi connectivity index (χ0v) is 30.7. The van der Waals surface area contributed by atoms with Gasteiger partial charge in [-0.2, -0.15) is 0 Å². The number of ketones is 1. The molecule has 7 nitrogen and oxygen atoms in total. The Balaban J connectivity index is 1.18. The summed E-state index contributed by atoms with van der Waals surface area (Å²) in [4.78, 5) is 34.5. The molecule has 0 unspecified atom stereocenters. The minimum atomic E-state index is -2.49. The Hall–Kier alpha value is -4.85. The number of aromatic nitrogens is 1. The molecule has 0 aliphatic carbocycles. The number of ether oxygens (including phenoxy) is 2. The predicted molar refractivity (Wildman–Crippen MR) is 216 cm³/mol. The topological polar surface area (TPSA) is 80.8 Å². The van der Waals surface area contributed by atoms with Crippen molar-refractivity contribution in [1.82, 2.24) is 9.88 Å². The molecule has 0 radical (unpaired) electrons. The summed E-state index contributed by atoms with van der Waals surface area (Å²) in [7, 11) is 0. The molecule has 0 atom stereocenters. The number of carbonyl (C=O) groups is 2. The number of morpholine rings is 1.